The van der Waals surface area contributed by atoms with Crippen molar-refractivity contribution in [2.75, 3.05) is 0 Å². The van der Waals surface area contributed by atoms with E-state index in [2.05, 4.69) is 4.98 Å². The zero-order chi connectivity index (χ0) is 20.5. The van der Waals surface area contributed by atoms with Crippen molar-refractivity contribution in [2.45, 2.75) is 72.3 Å². The maximum atomic E-state index is 12.7. The van der Waals surface area contributed by atoms with Gasteiger partial charge in [-0.15, -0.1) is 0 Å². The summed E-state index contributed by atoms with van der Waals surface area (Å²) in [5, 5.41) is 0. The molecule has 1 aromatic heterocycles. The van der Waals surface area contributed by atoms with Crippen LogP contribution in [0.4, 0.5) is 0 Å². The van der Waals surface area contributed by atoms with Crippen LogP contribution in [-0.2, 0) is 14.3 Å². The van der Waals surface area contributed by atoms with Crippen molar-refractivity contribution in [3.8, 4) is 0 Å². The van der Waals surface area contributed by atoms with Crippen LogP contribution in [-0.4, -0.2) is 37.9 Å². The Morgan fingerprint density at radius 1 is 1.11 bits per heavy atom. The first-order chi connectivity index (χ1) is 12.6. The van der Waals surface area contributed by atoms with Gasteiger partial charge in [0.2, 0.25) is 0 Å². The van der Waals surface area contributed by atoms with E-state index in [-0.39, 0.29) is 17.2 Å². The van der Waals surface area contributed by atoms with Gasteiger partial charge in [-0.2, -0.15) is 0 Å². The average molecular weight is 377 g/mol. The van der Waals surface area contributed by atoms with E-state index in [0.29, 0.717) is 6.42 Å². The summed E-state index contributed by atoms with van der Waals surface area (Å²) in [6, 6.07) is 0. The zero-order valence-corrected chi connectivity index (χ0v) is 16.7. The molecule has 0 aliphatic carbocycles. The number of carbonyl (C=O) groups excluding carboxylic acids is 2. The van der Waals surface area contributed by atoms with Crippen LogP contribution in [0.2, 0.25) is 0 Å². The highest BCUT2D eigenvalue weighted by atomic mass is 16.5. The van der Waals surface area contributed by atoms with Crippen molar-refractivity contribution in [1.82, 2.24) is 14.5 Å². The smallest absolute Gasteiger partial charge is 0.330 e. The average Bonchev–Trinajstić information content (AvgIpc) is 3.12. The molecule has 8 heteroatoms. The lowest BCUT2D eigenvalue weighted by Gasteiger charge is -2.30. The first kappa shape index (κ1) is 20.8. The predicted octanol–water partition coefficient (Wildman–Crippen LogP) is 1.81. The third kappa shape index (κ3) is 3.95. The van der Waals surface area contributed by atoms with Gasteiger partial charge in [0, 0.05) is 17.8 Å². The molecule has 0 spiro atoms. The van der Waals surface area contributed by atoms with Crippen molar-refractivity contribution >= 4 is 17.4 Å². The van der Waals surface area contributed by atoms with Gasteiger partial charge >= 0.3 is 5.69 Å². The first-order valence-electron chi connectivity index (χ1n) is 9.21. The Hall–Kier alpha value is -2.48. The molecule has 1 aromatic rings. The summed E-state index contributed by atoms with van der Waals surface area (Å²) in [5.41, 5.74) is -2.03. The molecule has 1 fully saturated rings. The number of nitrogens with zero attached hydrogens (tertiary/aromatic N) is 2. The number of ether oxygens (including phenoxy) is 1. The first-order valence-corrected chi connectivity index (χ1v) is 9.21. The Morgan fingerprint density at radius 3 is 2.22 bits per heavy atom. The molecule has 148 valence electrons. The van der Waals surface area contributed by atoms with Gasteiger partial charge < -0.3 is 4.74 Å². The summed E-state index contributed by atoms with van der Waals surface area (Å²) < 4.78 is 6.94. The molecule has 0 bridgehead atoms. The van der Waals surface area contributed by atoms with Gasteiger partial charge in [-0.1, -0.05) is 13.8 Å². The number of H-pyrrole nitrogens is 1. The van der Waals surface area contributed by atoms with Crippen LogP contribution in [0.1, 0.15) is 66.2 Å². The summed E-state index contributed by atoms with van der Waals surface area (Å²) in [6.45, 7) is 11.1. The molecule has 0 saturated carbocycles. The van der Waals surface area contributed by atoms with Crippen molar-refractivity contribution in [2.24, 2.45) is 0 Å². The van der Waals surface area contributed by atoms with Crippen molar-refractivity contribution in [1.29, 1.82) is 0 Å². The molecule has 3 rings (SSSR count). The standard InChI is InChI=1S/C17H21N3O5.C2H6/c1-9-5-6-13(25-9)19-8-11(14(22)18-16(19)24)10-7-12(21)20(15(10)23)17(2,3)4;1-2/h7-9,13H,5-6H2,1-4H3,(H,18,22,24);1-2H3. The molecular formula is C19H27N3O5. The Balaban J connectivity index is 0.00000126. The van der Waals surface area contributed by atoms with Crippen LogP contribution in [0, 0.1) is 0 Å². The minimum Gasteiger partial charge on any atom is -0.355 e. The minimum atomic E-state index is -0.711. The largest absolute Gasteiger partial charge is 0.355 e. The summed E-state index contributed by atoms with van der Waals surface area (Å²) in [6.07, 6.45) is 3.40. The van der Waals surface area contributed by atoms with Gasteiger partial charge in [0.25, 0.3) is 17.4 Å². The number of hydrogen-bond donors (Lipinski definition) is 1. The van der Waals surface area contributed by atoms with Crippen molar-refractivity contribution in [3.63, 3.8) is 0 Å². The van der Waals surface area contributed by atoms with Crippen LogP contribution in [0.15, 0.2) is 21.9 Å². The van der Waals surface area contributed by atoms with E-state index in [9.17, 15) is 19.2 Å². The van der Waals surface area contributed by atoms with Gasteiger partial charge in [-0.25, -0.2) is 4.79 Å². The molecule has 2 aliphatic heterocycles. The van der Waals surface area contributed by atoms with Crippen LogP contribution in [0.25, 0.3) is 5.57 Å². The van der Waals surface area contributed by atoms with E-state index >= 15 is 0 Å². The number of aromatic nitrogens is 2. The molecule has 8 nitrogen and oxygen atoms in total. The van der Waals surface area contributed by atoms with Gasteiger partial charge in [0.15, 0.2) is 0 Å². The van der Waals surface area contributed by atoms with Gasteiger partial charge in [-0.05, 0) is 40.5 Å². The maximum absolute atomic E-state index is 12.7. The molecule has 0 radical (unpaired) electrons. The fourth-order valence-electron chi connectivity index (χ4n) is 3.18. The number of aromatic amines is 1. The number of nitrogens with one attached hydrogen (secondary N) is 1. The van der Waals surface area contributed by atoms with E-state index in [0.717, 1.165) is 17.4 Å². The maximum Gasteiger partial charge on any atom is 0.330 e. The van der Waals surface area contributed by atoms with Crippen LogP contribution >= 0.6 is 0 Å². The lowest BCUT2D eigenvalue weighted by atomic mass is 10.1. The van der Waals surface area contributed by atoms with Crippen molar-refractivity contribution < 1.29 is 14.3 Å². The molecule has 2 aliphatic rings. The van der Waals surface area contributed by atoms with E-state index in [1.165, 1.54) is 10.8 Å². The quantitative estimate of drug-likeness (QED) is 0.792. The molecule has 0 aromatic carbocycles. The third-order valence-corrected chi connectivity index (χ3v) is 4.37. The molecule has 2 amide bonds. The van der Waals surface area contributed by atoms with E-state index < -0.39 is 34.8 Å². The molecule has 2 atom stereocenters. The predicted molar refractivity (Wildman–Crippen MR) is 101 cm³/mol. The zero-order valence-electron chi connectivity index (χ0n) is 16.7. The summed E-state index contributed by atoms with van der Waals surface area (Å²) >= 11 is 0. The van der Waals surface area contributed by atoms with Gasteiger partial charge in [-0.3, -0.25) is 28.8 Å². The monoisotopic (exact) mass is 377 g/mol. The van der Waals surface area contributed by atoms with E-state index in [4.69, 9.17) is 4.74 Å². The van der Waals surface area contributed by atoms with Crippen LogP contribution < -0.4 is 11.2 Å². The summed E-state index contributed by atoms with van der Waals surface area (Å²) in [7, 11) is 0. The topological polar surface area (TPSA) is 101 Å². The number of hydrogen-bond acceptors (Lipinski definition) is 5. The highest BCUT2D eigenvalue weighted by Crippen LogP contribution is 2.29. The number of carbonyl (C=O) groups is 2. The fraction of sp³-hybridized carbons (Fsp3) is 0.579. The second kappa shape index (κ2) is 7.64. The number of rotatable bonds is 2. The van der Waals surface area contributed by atoms with E-state index in [1.54, 1.807) is 20.8 Å². The Labute approximate surface area is 157 Å². The van der Waals surface area contributed by atoms with Crippen LogP contribution in [0.3, 0.4) is 0 Å². The molecular weight excluding hydrogens is 350 g/mol. The molecule has 1 N–H and O–H groups in total. The van der Waals surface area contributed by atoms with Crippen LogP contribution in [0.5, 0.6) is 0 Å². The second-order valence-electron chi connectivity index (χ2n) is 7.40. The summed E-state index contributed by atoms with van der Waals surface area (Å²) in [5.74, 6) is -1.02. The SMILES string of the molecule is CC.CC1CCC(n2cc(C3=CC(=O)N(C(C)(C)C)C3=O)c(=O)[nH]c2=O)O1. The minimum absolute atomic E-state index is 0.00662. The lowest BCUT2D eigenvalue weighted by molar-refractivity contribution is -0.141. The highest BCUT2D eigenvalue weighted by Gasteiger charge is 2.40. The summed E-state index contributed by atoms with van der Waals surface area (Å²) in [4.78, 5) is 52.5. The van der Waals surface area contributed by atoms with E-state index in [1.807, 2.05) is 20.8 Å². The number of amides is 2. The normalized spacial score (nSPS) is 22.6. The molecule has 1 saturated heterocycles. The molecule has 3 heterocycles. The Kier molecular flexibility index (Phi) is 5.89. The Bertz CT molecular complexity index is 888. The van der Waals surface area contributed by atoms with Gasteiger partial charge in [0.1, 0.15) is 6.23 Å². The fourth-order valence-corrected chi connectivity index (χ4v) is 3.18. The van der Waals surface area contributed by atoms with Crippen molar-refractivity contribution in [3.05, 3.63) is 38.7 Å². The molecule has 2 unspecified atom stereocenters. The highest BCUT2D eigenvalue weighted by molar-refractivity contribution is 6.33. The third-order valence-electron chi connectivity index (χ3n) is 4.37. The van der Waals surface area contributed by atoms with Gasteiger partial charge in [0.05, 0.1) is 17.2 Å². The second-order valence-corrected chi connectivity index (χ2v) is 7.40. The number of imide groups is 1. The Morgan fingerprint density at radius 2 is 1.74 bits per heavy atom. The molecule has 27 heavy (non-hydrogen) atoms. The lowest BCUT2D eigenvalue weighted by Crippen LogP contribution is -2.46.